The Labute approximate surface area is 159 Å². The Morgan fingerprint density at radius 2 is 1.57 bits per heavy atom. The quantitative estimate of drug-likeness (QED) is 0.500. The highest BCUT2D eigenvalue weighted by Gasteiger charge is 2.24. The van der Waals surface area contributed by atoms with Crippen LogP contribution in [0, 0.1) is 0 Å². The fourth-order valence-corrected chi connectivity index (χ4v) is 3.12. The minimum Gasteiger partial charge on any atom is -0.508 e. The highest BCUT2D eigenvalue weighted by atomic mass is 16.4. The van der Waals surface area contributed by atoms with Crippen molar-refractivity contribution in [1.29, 1.82) is 0 Å². The molecular weight excluding hydrogens is 364 g/mol. The van der Waals surface area contributed by atoms with Gasteiger partial charge in [-0.2, -0.15) is 0 Å². The van der Waals surface area contributed by atoms with Gasteiger partial charge in [-0.3, -0.25) is 4.79 Å². The molecule has 3 aromatic rings. The molecule has 1 aromatic heterocycles. The molecule has 4 N–H and O–H groups in total. The van der Waals surface area contributed by atoms with E-state index in [0.29, 0.717) is 17.5 Å². The Morgan fingerprint density at radius 1 is 0.893 bits per heavy atom. The van der Waals surface area contributed by atoms with Crippen LogP contribution in [0.5, 0.6) is 23.0 Å². The predicted octanol–water partition coefficient (Wildman–Crippen LogP) is 2.85. The molecule has 0 atom stereocenters. The third-order valence-corrected chi connectivity index (χ3v) is 4.32. The molecule has 0 saturated heterocycles. The molecule has 0 unspecified atom stereocenters. The fraction of sp³-hybridized carbons (Fsp3) is 0.143. The third kappa shape index (κ3) is 3.68. The molecule has 0 fully saturated rings. The summed E-state index contributed by atoms with van der Waals surface area (Å²) < 4.78 is 5.04. The minimum absolute atomic E-state index is 0.0274. The number of hydrogen-bond donors (Lipinski definition) is 4. The standard InChI is InChI=1S/C21H18O7/c1-2-11-6-13(22)9-17(25)19(11)21(27)20-12(4-3-5-16(20)24)7-15-8-14(23)10-18(26)28-15/h3-6,8-10,22-25H,2,7H2,1H3. The lowest BCUT2D eigenvalue weighted by molar-refractivity contribution is 0.103. The smallest absolute Gasteiger partial charge is 0.339 e. The highest BCUT2D eigenvalue weighted by Crippen LogP contribution is 2.34. The van der Waals surface area contributed by atoms with E-state index in [-0.39, 0.29) is 40.6 Å². The van der Waals surface area contributed by atoms with Gasteiger partial charge in [0.15, 0.2) is 0 Å². The summed E-state index contributed by atoms with van der Waals surface area (Å²) in [4.78, 5) is 24.6. The van der Waals surface area contributed by atoms with Gasteiger partial charge in [-0.1, -0.05) is 19.1 Å². The normalized spacial score (nSPS) is 10.8. The first kappa shape index (κ1) is 19.0. The van der Waals surface area contributed by atoms with Crippen LogP contribution in [-0.2, 0) is 12.8 Å². The van der Waals surface area contributed by atoms with E-state index >= 15 is 0 Å². The molecule has 0 bridgehead atoms. The summed E-state index contributed by atoms with van der Waals surface area (Å²) in [5.41, 5.74) is -0.0778. The number of phenolic OH excluding ortho intramolecular Hbond substituents is 3. The van der Waals surface area contributed by atoms with Gasteiger partial charge in [-0.05, 0) is 29.7 Å². The number of ketones is 1. The maximum absolute atomic E-state index is 13.2. The number of carbonyl (C=O) groups excluding carboxylic acids is 1. The zero-order chi connectivity index (χ0) is 20.4. The zero-order valence-electron chi connectivity index (χ0n) is 15.0. The summed E-state index contributed by atoms with van der Waals surface area (Å²) >= 11 is 0. The average molecular weight is 382 g/mol. The molecule has 7 nitrogen and oxygen atoms in total. The first-order valence-corrected chi connectivity index (χ1v) is 8.53. The van der Waals surface area contributed by atoms with Gasteiger partial charge < -0.3 is 24.8 Å². The summed E-state index contributed by atoms with van der Waals surface area (Å²) in [6, 6.07) is 9.02. The van der Waals surface area contributed by atoms with Crippen LogP contribution >= 0.6 is 0 Å². The first-order chi connectivity index (χ1) is 13.3. The van der Waals surface area contributed by atoms with Crippen LogP contribution in [0.15, 0.2) is 51.7 Å². The molecular formula is C21H18O7. The summed E-state index contributed by atoms with van der Waals surface area (Å²) in [6.45, 7) is 1.76. The first-order valence-electron chi connectivity index (χ1n) is 8.53. The maximum atomic E-state index is 13.2. The molecule has 0 radical (unpaired) electrons. The van der Waals surface area contributed by atoms with Gasteiger partial charge in [-0.25, -0.2) is 4.79 Å². The Kier molecular flexibility index (Phi) is 5.08. The Morgan fingerprint density at radius 3 is 2.25 bits per heavy atom. The molecule has 28 heavy (non-hydrogen) atoms. The van der Waals surface area contributed by atoms with Crippen molar-refractivity contribution < 1.29 is 29.6 Å². The van der Waals surface area contributed by atoms with Crippen LogP contribution < -0.4 is 5.63 Å². The lowest BCUT2D eigenvalue weighted by atomic mass is 9.91. The second-order valence-electron chi connectivity index (χ2n) is 6.27. The van der Waals surface area contributed by atoms with Gasteiger partial charge in [0.1, 0.15) is 28.8 Å². The van der Waals surface area contributed by atoms with Crippen molar-refractivity contribution >= 4 is 5.78 Å². The number of benzene rings is 2. The van der Waals surface area contributed by atoms with Gasteiger partial charge in [0.2, 0.25) is 5.78 Å². The van der Waals surface area contributed by atoms with Crippen LogP contribution in [0.1, 0.15) is 39.7 Å². The molecule has 2 aromatic carbocycles. The number of aryl methyl sites for hydroxylation is 1. The van der Waals surface area contributed by atoms with Crippen LogP contribution in [0.25, 0.3) is 0 Å². The molecule has 0 spiro atoms. The van der Waals surface area contributed by atoms with Crippen LogP contribution in [0.4, 0.5) is 0 Å². The van der Waals surface area contributed by atoms with Crippen molar-refractivity contribution in [2.75, 3.05) is 0 Å². The number of rotatable bonds is 5. The van der Waals surface area contributed by atoms with E-state index in [0.717, 1.165) is 12.1 Å². The second-order valence-corrected chi connectivity index (χ2v) is 6.27. The predicted molar refractivity (Wildman–Crippen MR) is 100 cm³/mol. The van der Waals surface area contributed by atoms with E-state index in [2.05, 4.69) is 0 Å². The molecule has 0 amide bonds. The summed E-state index contributed by atoms with van der Waals surface area (Å²) in [7, 11) is 0. The minimum atomic E-state index is -0.743. The van der Waals surface area contributed by atoms with Crippen molar-refractivity contribution in [3.8, 4) is 23.0 Å². The van der Waals surface area contributed by atoms with Crippen LogP contribution in [0.2, 0.25) is 0 Å². The van der Waals surface area contributed by atoms with Gasteiger partial charge in [0.25, 0.3) is 0 Å². The number of aromatic hydroxyl groups is 4. The highest BCUT2D eigenvalue weighted by molar-refractivity contribution is 6.14. The van der Waals surface area contributed by atoms with Crippen molar-refractivity contribution in [2.45, 2.75) is 19.8 Å². The molecule has 7 heteroatoms. The van der Waals surface area contributed by atoms with Crippen LogP contribution in [-0.4, -0.2) is 26.2 Å². The molecule has 3 rings (SSSR count). The molecule has 144 valence electrons. The number of phenols is 3. The lowest BCUT2D eigenvalue weighted by Gasteiger charge is -2.14. The number of hydrogen-bond acceptors (Lipinski definition) is 7. The summed E-state index contributed by atoms with van der Waals surface area (Å²) in [5, 5.41) is 39.8. The number of carbonyl (C=O) groups is 1. The average Bonchev–Trinajstić information content (AvgIpc) is 2.59. The fourth-order valence-electron chi connectivity index (χ4n) is 3.12. The van der Waals surface area contributed by atoms with E-state index in [4.69, 9.17) is 4.42 Å². The Balaban J connectivity index is 2.13. The van der Waals surface area contributed by atoms with Crippen molar-refractivity contribution in [1.82, 2.24) is 0 Å². The van der Waals surface area contributed by atoms with Crippen LogP contribution in [0.3, 0.4) is 0 Å². The van der Waals surface area contributed by atoms with E-state index in [1.165, 1.54) is 24.3 Å². The molecule has 0 aliphatic heterocycles. The van der Waals surface area contributed by atoms with E-state index in [1.807, 2.05) is 0 Å². The summed E-state index contributed by atoms with van der Waals surface area (Å²) in [5.74, 6) is -1.69. The van der Waals surface area contributed by atoms with Gasteiger partial charge in [0, 0.05) is 18.6 Å². The van der Waals surface area contributed by atoms with Gasteiger partial charge in [-0.15, -0.1) is 0 Å². The van der Waals surface area contributed by atoms with E-state index < -0.39 is 17.2 Å². The topological polar surface area (TPSA) is 128 Å². The van der Waals surface area contributed by atoms with Gasteiger partial charge in [0.05, 0.1) is 17.2 Å². The molecule has 0 aliphatic carbocycles. The van der Waals surface area contributed by atoms with E-state index in [1.54, 1.807) is 13.0 Å². The SMILES string of the molecule is CCc1cc(O)cc(O)c1C(=O)c1c(O)cccc1Cc1cc(O)cc(=O)o1. The monoisotopic (exact) mass is 382 g/mol. The summed E-state index contributed by atoms with van der Waals surface area (Å²) in [6.07, 6.45) is 0.326. The third-order valence-electron chi connectivity index (χ3n) is 4.32. The molecule has 0 saturated carbocycles. The second kappa shape index (κ2) is 7.48. The van der Waals surface area contributed by atoms with Gasteiger partial charge >= 0.3 is 5.63 Å². The molecule has 1 heterocycles. The Bertz CT molecular complexity index is 1110. The molecule has 0 aliphatic rings. The lowest BCUT2D eigenvalue weighted by Crippen LogP contribution is -2.10. The van der Waals surface area contributed by atoms with Crippen molar-refractivity contribution in [2.24, 2.45) is 0 Å². The van der Waals surface area contributed by atoms with Crippen molar-refractivity contribution in [3.63, 3.8) is 0 Å². The zero-order valence-corrected chi connectivity index (χ0v) is 15.0. The van der Waals surface area contributed by atoms with Crippen molar-refractivity contribution in [3.05, 3.63) is 80.9 Å². The Hall–Kier alpha value is -3.74. The van der Waals surface area contributed by atoms with E-state index in [9.17, 15) is 30.0 Å². The largest absolute Gasteiger partial charge is 0.508 e. The maximum Gasteiger partial charge on any atom is 0.339 e.